The average molecular weight is 396 g/mol. The van der Waals surface area contributed by atoms with Crippen LogP contribution in [0.3, 0.4) is 0 Å². The molecular weight excluding hydrogens is 362 g/mol. The number of nitrogens with zero attached hydrogens (tertiary/aromatic N) is 2. The van der Waals surface area contributed by atoms with Gasteiger partial charge >= 0.3 is 6.09 Å². The van der Waals surface area contributed by atoms with Crippen LogP contribution in [0.1, 0.15) is 67.8 Å². The molecule has 0 radical (unpaired) electrons. The number of nitrogens with one attached hydrogen (secondary N) is 1. The van der Waals surface area contributed by atoms with Crippen molar-refractivity contribution in [2.24, 2.45) is 11.8 Å². The van der Waals surface area contributed by atoms with Crippen molar-refractivity contribution in [2.75, 3.05) is 19.6 Å². The molecule has 0 saturated carbocycles. The second-order valence-corrected chi connectivity index (χ2v) is 9.85. The minimum absolute atomic E-state index is 0.0713. The Bertz CT molecular complexity index is 664. The molecule has 1 unspecified atom stereocenters. The topological polar surface area (TPSA) is 71.5 Å². The number of amides is 2. The molecule has 1 fully saturated rings. The highest BCUT2D eigenvalue weighted by atomic mass is 32.1. The van der Waals surface area contributed by atoms with Gasteiger partial charge in [0.25, 0.3) is 5.91 Å². The quantitative estimate of drug-likeness (QED) is 0.817. The summed E-state index contributed by atoms with van der Waals surface area (Å²) in [4.78, 5) is 32.1. The van der Waals surface area contributed by atoms with E-state index in [1.807, 2.05) is 32.6 Å². The molecule has 1 N–H and O–H groups in total. The highest BCUT2D eigenvalue weighted by Gasteiger charge is 2.28. The molecule has 1 aliphatic rings. The SMILES string of the molecule is Cc1nc(CC(C)C)sc1C(=O)N1CCCC(CNC(=O)OC(C)(C)C)C1. The van der Waals surface area contributed by atoms with E-state index < -0.39 is 11.7 Å². The molecule has 0 aromatic carbocycles. The Morgan fingerprint density at radius 3 is 2.70 bits per heavy atom. The van der Waals surface area contributed by atoms with Crippen molar-refractivity contribution in [3.63, 3.8) is 0 Å². The first-order valence-corrected chi connectivity index (χ1v) is 10.6. The van der Waals surface area contributed by atoms with Crippen LogP contribution >= 0.6 is 11.3 Å². The van der Waals surface area contributed by atoms with Crippen LogP contribution in [-0.4, -0.2) is 47.1 Å². The summed E-state index contributed by atoms with van der Waals surface area (Å²) in [6.07, 6.45) is 2.45. The number of likely N-dealkylation sites (tertiary alicyclic amines) is 1. The Labute approximate surface area is 166 Å². The van der Waals surface area contributed by atoms with Gasteiger partial charge in [-0.25, -0.2) is 9.78 Å². The first-order valence-electron chi connectivity index (χ1n) is 9.77. The second-order valence-electron chi connectivity index (χ2n) is 8.76. The monoisotopic (exact) mass is 395 g/mol. The molecule has 1 saturated heterocycles. The van der Waals surface area contributed by atoms with Crippen LogP contribution in [0.2, 0.25) is 0 Å². The zero-order valence-electron chi connectivity index (χ0n) is 17.4. The van der Waals surface area contributed by atoms with Gasteiger partial charge in [0.05, 0.1) is 10.7 Å². The van der Waals surface area contributed by atoms with Gasteiger partial charge in [-0.1, -0.05) is 13.8 Å². The number of aromatic nitrogens is 1. The molecule has 1 aromatic heterocycles. The van der Waals surface area contributed by atoms with Crippen molar-refractivity contribution in [1.29, 1.82) is 0 Å². The summed E-state index contributed by atoms with van der Waals surface area (Å²) in [5, 5.41) is 3.87. The van der Waals surface area contributed by atoms with Crippen LogP contribution in [0.4, 0.5) is 4.79 Å². The number of piperidine rings is 1. The second kappa shape index (κ2) is 9.04. The van der Waals surface area contributed by atoms with E-state index in [0.29, 0.717) is 19.0 Å². The molecule has 6 nitrogen and oxygen atoms in total. The first-order chi connectivity index (χ1) is 12.5. The zero-order chi connectivity index (χ0) is 20.2. The van der Waals surface area contributed by atoms with E-state index in [1.54, 1.807) is 0 Å². The lowest BCUT2D eigenvalue weighted by Gasteiger charge is -2.32. The van der Waals surface area contributed by atoms with Gasteiger partial charge < -0.3 is 15.0 Å². The molecule has 2 rings (SSSR count). The largest absolute Gasteiger partial charge is 0.444 e. The number of hydrogen-bond acceptors (Lipinski definition) is 5. The summed E-state index contributed by atoms with van der Waals surface area (Å²) < 4.78 is 5.29. The fourth-order valence-electron chi connectivity index (χ4n) is 3.19. The Hall–Kier alpha value is -1.63. The molecule has 7 heteroatoms. The molecule has 2 amide bonds. The van der Waals surface area contributed by atoms with Crippen LogP contribution < -0.4 is 5.32 Å². The standard InChI is InChI=1S/C20H33N3O3S/c1-13(2)10-16-22-14(3)17(27-16)18(24)23-9-7-8-15(12-23)11-21-19(25)26-20(4,5)6/h13,15H,7-12H2,1-6H3,(H,21,25). The van der Waals surface area contributed by atoms with Gasteiger partial charge in [0.15, 0.2) is 0 Å². The Balaban J connectivity index is 1.92. The van der Waals surface area contributed by atoms with Crippen LogP contribution in [0.15, 0.2) is 0 Å². The number of ether oxygens (including phenoxy) is 1. The van der Waals surface area contributed by atoms with Gasteiger partial charge in [-0.05, 0) is 52.4 Å². The smallest absolute Gasteiger partial charge is 0.407 e. The van der Waals surface area contributed by atoms with E-state index >= 15 is 0 Å². The fourth-order valence-corrected chi connectivity index (χ4v) is 4.43. The highest BCUT2D eigenvalue weighted by molar-refractivity contribution is 7.13. The number of aryl methyl sites for hydroxylation is 1. The number of thiazole rings is 1. The van der Waals surface area contributed by atoms with Crippen LogP contribution in [0.25, 0.3) is 0 Å². The number of rotatable bonds is 5. The summed E-state index contributed by atoms with van der Waals surface area (Å²) in [7, 11) is 0. The van der Waals surface area contributed by atoms with Crippen molar-refractivity contribution in [3.05, 3.63) is 15.6 Å². The van der Waals surface area contributed by atoms with Gasteiger partial charge in [-0.15, -0.1) is 11.3 Å². The third-order valence-corrected chi connectivity index (χ3v) is 5.53. The minimum atomic E-state index is -0.504. The average Bonchev–Trinajstić information content (AvgIpc) is 2.90. The van der Waals surface area contributed by atoms with Crippen LogP contribution in [0.5, 0.6) is 0 Å². The lowest BCUT2D eigenvalue weighted by atomic mass is 9.98. The van der Waals surface area contributed by atoms with E-state index in [4.69, 9.17) is 4.74 Å². The normalized spacial score (nSPS) is 17.9. The fraction of sp³-hybridized carbons (Fsp3) is 0.750. The van der Waals surface area contributed by atoms with Crippen LogP contribution in [-0.2, 0) is 11.2 Å². The van der Waals surface area contributed by atoms with Crippen molar-refractivity contribution in [3.8, 4) is 0 Å². The highest BCUT2D eigenvalue weighted by Crippen LogP contribution is 2.25. The van der Waals surface area contributed by atoms with E-state index in [2.05, 4.69) is 24.1 Å². The predicted molar refractivity (Wildman–Crippen MR) is 108 cm³/mol. The Morgan fingerprint density at radius 1 is 1.37 bits per heavy atom. The Kier molecular flexibility index (Phi) is 7.25. The molecule has 1 atom stereocenters. The lowest BCUT2D eigenvalue weighted by Crippen LogP contribution is -2.44. The first kappa shape index (κ1) is 21.7. The predicted octanol–water partition coefficient (Wildman–Crippen LogP) is 4.03. The Morgan fingerprint density at radius 2 is 2.07 bits per heavy atom. The van der Waals surface area contributed by atoms with E-state index in [1.165, 1.54) is 11.3 Å². The molecule has 0 spiro atoms. The maximum Gasteiger partial charge on any atom is 0.407 e. The number of carbonyl (C=O) groups is 2. The van der Waals surface area contributed by atoms with Crippen molar-refractivity contribution in [1.82, 2.24) is 15.2 Å². The molecule has 152 valence electrons. The van der Waals surface area contributed by atoms with E-state index in [9.17, 15) is 9.59 Å². The zero-order valence-corrected chi connectivity index (χ0v) is 18.2. The number of alkyl carbamates (subject to hydrolysis) is 1. The van der Waals surface area contributed by atoms with E-state index in [-0.39, 0.29) is 11.8 Å². The summed E-state index contributed by atoms with van der Waals surface area (Å²) in [6, 6.07) is 0. The number of hydrogen-bond donors (Lipinski definition) is 1. The third kappa shape index (κ3) is 6.79. The van der Waals surface area contributed by atoms with Crippen LogP contribution in [0, 0.1) is 18.8 Å². The van der Waals surface area contributed by atoms with Crippen molar-refractivity contribution >= 4 is 23.3 Å². The molecule has 1 aliphatic heterocycles. The molecule has 2 heterocycles. The van der Waals surface area contributed by atoms with Crippen molar-refractivity contribution in [2.45, 2.75) is 66.4 Å². The lowest BCUT2D eigenvalue weighted by molar-refractivity contribution is 0.0503. The summed E-state index contributed by atoms with van der Waals surface area (Å²) in [5.74, 6) is 0.845. The molecule has 0 aliphatic carbocycles. The third-order valence-electron chi connectivity index (χ3n) is 4.36. The molecule has 27 heavy (non-hydrogen) atoms. The minimum Gasteiger partial charge on any atom is -0.444 e. The molecule has 0 bridgehead atoms. The summed E-state index contributed by atoms with van der Waals surface area (Å²) in [6.45, 7) is 13.7. The van der Waals surface area contributed by atoms with Gasteiger partial charge in [-0.3, -0.25) is 4.79 Å². The van der Waals surface area contributed by atoms with E-state index in [0.717, 1.165) is 41.4 Å². The van der Waals surface area contributed by atoms with Gasteiger partial charge in [0.2, 0.25) is 0 Å². The van der Waals surface area contributed by atoms with Gasteiger partial charge in [-0.2, -0.15) is 0 Å². The summed E-state index contributed by atoms with van der Waals surface area (Å²) >= 11 is 1.52. The number of carbonyl (C=O) groups excluding carboxylic acids is 2. The maximum absolute atomic E-state index is 13.0. The van der Waals surface area contributed by atoms with Gasteiger partial charge in [0, 0.05) is 26.1 Å². The maximum atomic E-state index is 13.0. The molecular formula is C20H33N3O3S. The molecule has 1 aromatic rings. The summed E-state index contributed by atoms with van der Waals surface area (Å²) in [5.41, 5.74) is 0.324. The van der Waals surface area contributed by atoms with Crippen molar-refractivity contribution < 1.29 is 14.3 Å². The van der Waals surface area contributed by atoms with Gasteiger partial charge in [0.1, 0.15) is 10.5 Å².